The van der Waals surface area contributed by atoms with Gasteiger partial charge in [0, 0.05) is 26.1 Å². The number of nitrogens with one attached hydrogen (secondary N) is 3. The number of carbonyl (C=O) groups is 3. The number of ether oxygens (including phenoxy) is 1. The van der Waals surface area contributed by atoms with Crippen LogP contribution in [0.2, 0.25) is 0 Å². The van der Waals surface area contributed by atoms with E-state index >= 15 is 0 Å². The fourth-order valence-electron chi connectivity index (χ4n) is 1.83. The van der Waals surface area contributed by atoms with Crippen LogP contribution >= 0.6 is 0 Å². The highest BCUT2D eigenvalue weighted by Crippen LogP contribution is 2.13. The van der Waals surface area contributed by atoms with Crippen molar-refractivity contribution in [3.63, 3.8) is 0 Å². The molecule has 0 aliphatic carbocycles. The number of carbonyl (C=O) groups excluding carboxylic acids is 2. The number of likely N-dealkylation sites (N-methyl/N-ethyl adjacent to an activating group) is 1. The summed E-state index contributed by atoms with van der Waals surface area (Å²) in [6, 6.07) is 6.70. The molecule has 0 fully saturated rings. The molecule has 1 rings (SSSR count). The molecule has 0 spiro atoms. The van der Waals surface area contributed by atoms with Crippen molar-refractivity contribution in [2.24, 2.45) is 0 Å². The highest BCUT2D eigenvalue weighted by Gasteiger charge is 2.04. The van der Waals surface area contributed by atoms with Crippen LogP contribution in [-0.4, -0.2) is 42.7 Å². The lowest BCUT2D eigenvalue weighted by Gasteiger charge is -2.09. The van der Waals surface area contributed by atoms with E-state index in [-0.39, 0.29) is 25.0 Å². The molecule has 0 saturated heterocycles. The first kappa shape index (κ1) is 19.3. The minimum atomic E-state index is -0.887. The summed E-state index contributed by atoms with van der Waals surface area (Å²) in [4.78, 5) is 33.3. The molecule has 0 bridgehead atoms. The largest absolute Gasteiger partial charge is 0.484 e. The Morgan fingerprint density at radius 3 is 2.67 bits per heavy atom. The summed E-state index contributed by atoms with van der Waals surface area (Å²) < 4.78 is 5.37. The van der Waals surface area contributed by atoms with E-state index in [1.54, 1.807) is 18.2 Å². The molecule has 0 heterocycles. The summed E-state index contributed by atoms with van der Waals surface area (Å²) in [6.07, 6.45) is 0.400. The summed E-state index contributed by atoms with van der Waals surface area (Å²) in [5, 5.41) is 16.4. The van der Waals surface area contributed by atoms with Gasteiger partial charge in [-0.1, -0.05) is 12.1 Å². The fourth-order valence-corrected chi connectivity index (χ4v) is 1.83. The molecule has 4 N–H and O–H groups in total. The van der Waals surface area contributed by atoms with Crippen molar-refractivity contribution >= 4 is 17.9 Å². The van der Waals surface area contributed by atoms with E-state index in [0.29, 0.717) is 31.8 Å². The van der Waals surface area contributed by atoms with Crippen LogP contribution in [0.4, 0.5) is 4.79 Å². The molecule has 0 atom stereocenters. The van der Waals surface area contributed by atoms with Crippen molar-refractivity contribution in [1.82, 2.24) is 16.0 Å². The van der Waals surface area contributed by atoms with Gasteiger partial charge in [-0.05, 0) is 31.0 Å². The van der Waals surface area contributed by atoms with Crippen molar-refractivity contribution in [1.29, 1.82) is 0 Å². The minimum Gasteiger partial charge on any atom is -0.484 e. The lowest BCUT2D eigenvalue weighted by molar-refractivity contribution is -0.137. The maximum Gasteiger partial charge on any atom is 0.315 e. The lowest BCUT2D eigenvalue weighted by atomic mass is 10.2. The normalized spacial score (nSPS) is 9.88. The first-order chi connectivity index (χ1) is 11.5. The number of carboxylic acid groups (broad SMARTS) is 1. The second kappa shape index (κ2) is 10.9. The number of hydrogen-bond acceptors (Lipinski definition) is 4. The number of benzene rings is 1. The van der Waals surface area contributed by atoms with Crippen molar-refractivity contribution in [2.45, 2.75) is 26.3 Å². The van der Waals surface area contributed by atoms with Crippen LogP contribution in [0.5, 0.6) is 5.75 Å². The highest BCUT2D eigenvalue weighted by molar-refractivity contribution is 5.77. The molecule has 0 unspecified atom stereocenters. The molecule has 1 aromatic carbocycles. The Morgan fingerprint density at radius 2 is 1.96 bits per heavy atom. The number of amides is 3. The van der Waals surface area contributed by atoms with Crippen molar-refractivity contribution in [3.8, 4) is 5.75 Å². The summed E-state index contributed by atoms with van der Waals surface area (Å²) in [7, 11) is 0. The Morgan fingerprint density at radius 1 is 1.17 bits per heavy atom. The van der Waals surface area contributed by atoms with Crippen LogP contribution < -0.4 is 20.7 Å². The van der Waals surface area contributed by atoms with Gasteiger partial charge in [-0.15, -0.1) is 0 Å². The van der Waals surface area contributed by atoms with Crippen molar-refractivity contribution in [3.05, 3.63) is 29.8 Å². The Kier molecular flexibility index (Phi) is 8.73. The maximum atomic E-state index is 11.6. The quantitative estimate of drug-likeness (QED) is 0.473. The molecule has 132 valence electrons. The first-order valence-corrected chi connectivity index (χ1v) is 7.73. The second-order valence-electron chi connectivity index (χ2n) is 5.00. The average molecular weight is 337 g/mol. The van der Waals surface area contributed by atoms with E-state index in [9.17, 15) is 14.4 Å². The zero-order chi connectivity index (χ0) is 17.8. The molecule has 1 aromatic rings. The first-order valence-electron chi connectivity index (χ1n) is 7.73. The minimum absolute atomic E-state index is 0.0191. The molecular formula is C16H23N3O5. The Bertz CT molecular complexity index is 562. The van der Waals surface area contributed by atoms with Crippen LogP contribution in [0.1, 0.15) is 25.3 Å². The molecule has 0 aliphatic rings. The van der Waals surface area contributed by atoms with Crippen LogP contribution in [0, 0.1) is 0 Å². The zero-order valence-electron chi connectivity index (χ0n) is 13.6. The van der Waals surface area contributed by atoms with Crippen LogP contribution in [-0.2, 0) is 16.1 Å². The monoisotopic (exact) mass is 337 g/mol. The predicted molar refractivity (Wildman–Crippen MR) is 87.7 cm³/mol. The Hall–Kier alpha value is -2.77. The van der Waals surface area contributed by atoms with Gasteiger partial charge in [-0.2, -0.15) is 0 Å². The van der Waals surface area contributed by atoms with Gasteiger partial charge >= 0.3 is 12.0 Å². The highest BCUT2D eigenvalue weighted by atomic mass is 16.5. The third-order valence-corrected chi connectivity index (χ3v) is 2.95. The summed E-state index contributed by atoms with van der Waals surface area (Å²) >= 11 is 0. The molecule has 0 saturated carbocycles. The standard InChI is InChI=1S/C16H23N3O5/c1-2-17-14(20)11-24-13-6-3-5-12(9-13)10-19-16(23)18-8-4-7-15(21)22/h3,5-6,9H,2,4,7-8,10-11H2,1H3,(H,17,20)(H,21,22)(H2,18,19,23). The predicted octanol–water partition coefficient (Wildman–Crippen LogP) is 0.865. The smallest absolute Gasteiger partial charge is 0.315 e. The van der Waals surface area contributed by atoms with Gasteiger partial charge in [0.05, 0.1) is 0 Å². The Labute approximate surface area is 140 Å². The van der Waals surface area contributed by atoms with Crippen LogP contribution in [0.25, 0.3) is 0 Å². The molecule has 8 nitrogen and oxygen atoms in total. The SMILES string of the molecule is CCNC(=O)COc1cccc(CNC(=O)NCCCC(=O)O)c1. The van der Waals surface area contributed by atoms with Gasteiger partial charge in [-0.3, -0.25) is 9.59 Å². The van der Waals surface area contributed by atoms with Gasteiger partial charge < -0.3 is 25.8 Å². The Balaban J connectivity index is 2.32. The molecule has 0 radical (unpaired) electrons. The number of carboxylic acids is 1. The van der Waals surface area contributed by atoms with Crippen LogP contribution in [0.3, 0.4) is 0 Å². The topological polar surface area (TPSA) is 117 Å². The van der Waals surface area contributed by atoms with E-state index in [1.807, 2.05) is 13.0 Å². The average Bonchev–Trinajstić information content (AvgIpc) is 2.55. The van der Waals surface area contributed by atoms with Gasteiger partial charge in [0.25, 0.3) is 5.91 Å². The van der Waals surface area contributed by atoms with E-state index in [2.05, 4.69) is 16.0 Å². The molecule has 8 heteroatoms. The number of hydrogen-bond donors (Lipinski definition) is 4. The van der Waals surface area contributed by atoms with Gasteiger partial charge in [0.15, 0.2) is 6.61 Å². The van der Waals surface area contributed by atoms with E-state index in [4.69, 9.17) is 9.84 Å². The molecular weight excluding hydrogens is 314 g/mol. The van der Waals surface area contributed by atoms with Crippen molar-refractivity contribution in [2.75, 3.05) is 19.7 Å². The fraction of sp³-hybridized carbons (Fsp3) is 0.438. The van der Waals surface area contributed by atoms with E-state index in [1.165, 1.54) is 0 Å². The summed E-state index contributed by atoms with van der Waals surface area (Å²) in [5.41, 5.74) is 0.823. The maximum absolute atomic E-state index is 11.6. The molecule has 0 aromatic heterocycles. The van der Waals surface area contributed by atoms with Gasteiger partial charge in [0.1, 0.15) is 5.75 Å². The number of urea groups is 1. The third-order valence-electron chi connectivity index (χ3n) is 2.95. The lowest BCUT2D eigenvalue weighted by Crippen LogP contribution is -2.35. The third kappa shape index (κ3) is 8.62. The summed E-state index contributed by atoms with van der Waals surface area (Å²) in [5.74, 6) is -0.536. The van der Waals surface area contributed by atoms with Crippen molar-refractivity contribution < 1.29 is 24.2 Å². The number of rotatable bonds is 10. The molecule has 24 heavy (non-hydrogen) atoms. The van der Waals surface area contributed by atoms with Gasteiger partial charge in [-0.25, -0.2) is 4.79 Å². The van der Waals surface area contributed by atoms with Crippen LogP contribution in [0.15, 0.2) is 24.3 Å². The van der Waals surface area contributed by atoms with E-state index < -0.39 is 5.97 Å². The molecule has 0 aliphatic heterocycles. The van der Waals surface area contributed by atoms with E-state index in [0.717, 1.165) is 5.56 Å². The molecule has 3 amide bonds. The van der Waals surface area contributed by atoms with Gasteiger partial charge in [0.2, 0.25) is 0 Å². The number of aliphatic carboxylic acids is 1. The zero-order valence-corrected chi connectivity index (χ0v) is 13.6. The summed E-state index contributed by atoms with van der Waals surface area (Å²) in [6.45, 7) is 2.91. The second-order valence-corrected chi connectivity index (χ2v) is 5.00.